The number of carbonyl (C=O) groups excluding carboxylic acids is 1. The smallest absolute Gasteiger partial charge is 0.185 e. The summed E-state index contributed by atoms with van der Waals surface area (Å²) in [5.41, 5.74) is 3.34. The first-order valence-corrected chi connectivity index (χ1v) is 12.5. The lowest BCUT2D eigenvalue weighted by Gasteiger charge is -2.18. The molecule has 1 fully saturated rings. The van der Waals surface area contributed by atoms with Crippen molar-refractivity contribution in [3.05, 3.63) is 55.5 Å². The van der Waals surface area contributed by atoms with Gasteiger partial charge in [0, 0.05) is 11.1 Å². The largest absolute Gasteiger partial charge is 0.492 e. The van der Waals surface area contributed by atoms with Crippen molar-refractivity contribution in [2.45, 2.75) is 33.1 Å². The highest BCUT2D eigenvalue weighted by Crippen LogP contribution is 2.39. The van der Waals surface area contributed by atoms with Gasteiger partial charge >= 0.3 is 0 Å². The molecule has 0 spiro atoms. The number of allylic oxidation sites excluding steroid dienone is 2. The normalized spacial score (nSPS) is 16.2. The van der Waals surface area contributed by atoms with Crippen molar-refractivity contribution >= 4 is 49.8 Å². The lowest BCUT2D eigenvalue weighted by atomic mass is 9.87. The highest BCUT2D eigenvalue weighted by molar-refractivity contribution is 9.11. The number of halogens is 2. The summed E-state index contributed by atoms with van der Waals surface area (Å²) in [5.74, 6) is 2.64. The zero-order valence-corrected chi connectivity index (χ0v) is 22.5. The van der Waals surface area contributed by atoms with Gasteiger partial charge in [-0.2, -0.15) is 0 Å². The van der Waals surface area contributed by atoms with E-state index in [1.54, 1.807) is 14.2 Å². The Balaban J connectivity index is 1.95. The maximum atomic E-state index is 13.3. The van der Waals surface area contributed by atoms with E-state index in [0.717, 1.165) is 50.5 Å². The molecule has 0 saturated heterocycles. The molecule has 0 aliphatic heterocycles. The van der Waals surface area contributed by atoms with Crippen LogP contribution in [0.5, 0.6) is 23.0 Å². The molecule has 1 aliphatic carbocycles. The van der Waals surface area contributed by atoms with Crippen LogP contribution in [-0.2, 0) is 4.79 Å². The molecule has 2 aromatic rings. The standard InChI is InChI=1S/C26H28Br2O5/c1-5-32-22-14-16(12-20(27)25(22)30-3)10-18-8-7-9-19(24(18)29)11-17-13-21(28)26(31-4)23(15-17)33-6-2/h10-15H,5-9H2,1-4H3. The van der Waals surface area contributed by atoms with Gasteiger partial charge in [0.05, 0.1) is 36.4 Å². The summed E-state index contributed by atoms with van der Waals surface area (Å²) < 4.78 is 23.9. The minimum Gasteiger partial charge on any atom is -0.492 e. The number of Topliss-reactive ketones (excluding diaryl/α,β-unsaturated/α-hetero) is 1. The van der Waals surface area contributed by atoms with E-state index in [1.165, 1.54) is 0 Å². The Bertz CT molecular complexity index is 1010. The van der Waals surface area contributed by atoms with Gasteiger partial charge in [0.25, 0.3) is 0 Å². The Morgan fingerprint density at radius 2 is 1.21 bits per heavy atom. The zero-order chi connectivity index (χ0) is 24.0. The van der Waals surface area contributed by atoms with Crippen LogP contribution in [0.1, 0.15) is 44.2 Å². The van der Waals surface area contributed by atoms with Gasteiger partial charge in [-0.1, -0.05) is 0 Å². The predicted octanol–water partition coefficient (Wildman–Crippen LogP) is 7.25. The Morgan fingerprint density at radius 3 is 1.58 bits per heavy atom. The van der Waals surface area contributed by atoms with Gasteiger partial charge in [-0.3, -0.25) is 4.79 Å². The summed E-state index contributed by atoms with van der Waals surface area (Å²) in [5, 5.41) is 0. The number of hydrogen-bond acceptors (Lipinski definition) is 5. The van der Waals surface area contributed by atoms with Crippen molar-refractivity contribution in [1.82, 2.24) is 0 Å². The maximum Gasteiger partial charge on any atom is 0.185 e. The Hall–Kier alpha value is -2.25. The van der Waals surface area contributed by atoms with E-state index in [-0.39, 0.29) is 5.78 Å². The van der Waals surface area contributed by atoms with Crippen LogP contribution in [-0.4, -0.2) is 33.2 Å². The monoisotopic (exact) mass is 578 g/mol. The molecule has 5 nitrogen and oxygen atoms in total. The van der Waals surface area contributed by atoms with Gasteiger partial charge in [-0.15, -0.1) is 0 Å². The average molecular weight is 580 g/mol. The van der Waals surface area contributed by atoms with Gasteiger partial charge in [0.2, 0.25) is 0 Å². The number of ether oxygens (including phenoxy) is 4. The van der Waals surface area contributed by atoms with E-state index in [4.69, 9.17) is 18.9 Å². The third kappa shape index (κ3) is 6.01. The molecular formula is C26H28Br2O5. The van der Waals surface area contributed by atoms with E-state index in [2.05, 4.69) is 31.9 Å². The molecule has 0 amide bonds. The summed E-state index contributed by atoms with van der Waals surface area (Å²) in [7, 11) is 3.22. The number of carbonyl (C=O) groups is 1. The molecule has 7 heteroatoms. The minimum absolute atomic E-state index is 0.0658. The fourth-order valence-corrected chi connectivity index (χ4v) is 5.09. The second-order valence-corrected chi connectivity index (χ2v) is 9.16. The van der Waals surface area contributed by atoms with E-state index in [0.29, 0.717) is 36.2 Å². The van der Waals surface area contributed by atoms with Crippen molar-refractivity contribution in [3.8, 4) is 23.0 Å². The van der Waals surface area contributed by atoms with Crippen LogP contribution in [0.25, 0.3) is 12.2 Å². The Labute approximate surface area is 212 Å². The quantitative estimate of drug-likeness (QED) is 0.308. The molecule has 0 unspecified atom stereocenters. The molecular weight excluding hydrogens is 552 g/mol. The molecule has 3 rings (SSSR count). The molecule has 1 aliphatic rings. The van der Waals surface area contributed by atoms with E-state index in [1.807, 2.05) is 50.3 Å². The molecule has 0 radical (unpaired) electrons. The lowest BCUT2D eigenvalue weighted by molar-refractivity contribution is -0.112. The fraction of sp³-hybridized carbons (Fsp3) is 0.346. The lowest BCUT2D eigenvalue weighted by Crippen LogP contribution is -2.12. The average Bonchev–Trinajstić information content (AvgIpc) is 2.77. The predicted molar refractivity (Wildman–Crippen MR) is 139 cm³/mol. The van der Waals surface area contributed by atoms with Crippen LogP contribution < -0.4 is 18.9 Å². The maximum absolute atomic E-state index is 13.3. The summed E-state index contributed by atoms with van der Waals surface area (Å²) in [6.07, 6.45) is 6.27. The van der Waals surface area contributed by atoms with Crippen LogP contribution >= 0.6 is 31.9 Å². The van der Waals surface area contributed by atoms with E-state index >= 15 is 0 Å². The van der Waals surface area contributed by atoms with Gasteiger partial charge < -0.3 is 18.9 Å². The molecule has 176 valence electrons. The van der Waals surface area contributed by atoms with Crippen molar-refractivity contribution in [2.24, 2.45) is 0 Å². The molecule has 0 aromatic heterocycles. The second kappa shape index (κ2) is 11.7. The topological polar surface area (TPSA) is 54.0 Å². The Morgan fingerprint density at radius 1 is 0.788 bits per heavy atom. The third-order valence-electron chi connectivity index (χ3n) is 5.23. The molecule has 0 bridgehead atoms. The van der Waals surface area contributed by atoms with Crippen LogP contribution in [0.15, 0.2) is 44.4 Å². The molecule has 0 N–H and O–H groups in total. The highest BCUT2D eigenvalue weighted by Gasteiger charge is 2.22. The van der Waals surface area contributed by atoms with Gasteiger partial charge in [0.1, 0.15) is 0 Å². The van der Waals surface area contributed by atoms with Gasteiger partial charge in [-0.05, 0) is 113 Å². The summed E-state index contributed by atoms with van der Waals surface area (Å²) in [4.78, 5) is 13.3. The Kier molecular flexibility index (Phi) is 9.03. The van der Waals surface area contributed by atoms with Crippen LogP contribution in [0.2, 0.25) is 0 Å². The summed E-state index contributed by atoms with van der Waals surface area (Å²) in [6.45, 7) is 4.90. The van der Waals surface area contributed by atoms with Crippen LogP contribution in [0.3, 0.4) is 0 Å². The number of benzene rings is 2. The first-order valence-electron chi connectivity index (χ1n) is 10.9. The molecule has 0 heterocycles. The van der Waals surface area contributed by atoms with Crippen molar-refractivity contribution in [2.75, 3.05) is 27.4 Å². The van der Waals surface area contributed by atoms with E-state index < -0.39 is 0 Å². The highest BCUT2D eigenvalue weighted by atomic mass is 79.9. The second-order valence-electron chi connectivity index (χ2n) is 7.46. The van der Waals surface area contributed by atoms with E-state index in [9.17, 15) is 4.79 Å². The SMILES string of the molecule is CCOc1cc(C=C2CCCC(=Cc3cc(Br)c(OC)c(OCC)c3)C2=O)cc(Br)c1OC. The number of ketones is 1. The first-order chi connectivity index (χ1) is 15.9. The zero-order valence-electron chi connectivity index (χ0n) is 19.3. The van der Waals surface area contributed by atoms with Crippen molar-refractivity contribution in [1.29, 1.82) is 0 Å². The minimum atomic E-state index is 0.0658. The van der Waals surface area contributed by atoms with Crippen LogP contribution in [0.4, 0.5) is 0 Å². The molecule has 0 atom stereocenters. The number of rotatable bonds is 8. The fourth-order valence-electron chi connectivity index (χ4n) is 3.84. The van der Waals surface area contributed by atoms with Gasteiger partial charge in [-0.25, -0.2) is 0 Å². The van der Waals surface area contributed by atoms with Gasteiger partial charge in [0.15, 0.2) is 28.8 Å². The molecule has 2 aromatic carbocycles. The molecule has 33 heavy (non-hydrogen) atoms. The van der Waals surface area contributed by atoms with Crippen molar-refractivity contribution in [3.63, 3.8) is 0 Å². The van der Waals surface area contributed by atoms with Crippen LogP contribution in [0, 0.1) is 0 Å². The summed E-state index contributed by atoms with van der Waals surface area (Å²) in [6, 6.07) is 7.68. The summed E-state index contributed by atoms with van der Waals surface area (Å²) >= 11 is 7.09. The van der Waals surface area contributed by atoms with Crippen molar-refractivity contribution < 1.29 is 23.7 Å². The first kappa shape index (κ1) is 25.4. The number of methoxy groups -OCH3 is 2. The third-order valence-corrected chi connectivity index (χ3v) is 6.41. The number of hydrogen-bond donors (Lipinski definition) is 0. The molecule has 1 saturated carbocycles.